The monoisotopic (exact) mass is 263 g/mol. The van der Waals surface area contributed by atoms with Gasteiger partial charge in [0.15, 0.2) is 11.5 Å². The molecule has 19 heavy (non-hydrogen) atoms. The van der Waals surface area contributed by atoms with Crippen molar-refractivity contribution < 1.29 is 14.6 Å². The van der Waals surface area contributed by atoms with Crippen LogP contribution in [-0.2, 0) is 6.54 Å². The summed E-state index contributed by atoms with van der Waals surface area (Å²) in [5.41, 5.74) is 0.553. The van der Waals surface area contributed by atoms with Crippen LogP contribution in [0.5, 0.6) is 11.5 Å². The second-order valence-electron chi connectivity index (χ2n) is 4.08. The van der Waals surface area contributed by atoms with Crippen LogP contribution in [0.1, 0.15) is 18.7 Å². The second kappa shape index (κ2) is 6.19. The predicted octanol–water partition coefficient (Wildman–Crippen LogP) is 1.42. The summed E-state index contributed by atoms with van der Waals surface area (Å²) in [4.78, 5) is 0. The molecule has 1 aromatic heterocycles. The van der Waals surface area contributed by atoms with Crippen molar-refractivity contribution in [3.8, 4) is 11.5 Å². The Bertz CT molecular complexity index is 525. The molecule has 0 fully saturated rings. The minimum atomic E-state index is -0.608. The third-order valence-electron chi connectivity index (χ3n) is 2.63. The molecule has 0 radical (unpaired) electrons. The Morgan fingerprint density at radius 1 is 1.32 bits per heavy atom. The summed E-state index contributed by atoms with van der Waals surface area (Å²) >= 11 is 0. The van der Waals surface area contributed by atoms with Gasteiger partial charge in [-0.15, -0.1) is 5.10 Å². The van der Waals surface area contributed by atoms with Crippen LogP contribution in [0.25, 0.3) is 0 Å². The summed E-state index contributed by atoms with van der Waals surface area (Å²) in [7, 11) is 1.61. The zero-order valence-electron chi connectivity index (χ0n) is 11.0. The Morgan fingerprint density at radius 2 is 2.05 bits per heavy atom. The molecule has 0 aliphatic heterocycles. The van der Waals surface area contributed by atoms with Gasteiger partial charge >= 0.3 is 0 Å². The number of hydrogen-bond donors (Lipinski definition) is 1. The van der Waals surface area contributed by atoms with E-state index >= 15 is 0 Å². The molecule has 6 heteroatoms. The van der Waals surface area contributed by atoms with Crippen molar-refractivity contribution >= 4 is 0 Å². The number of hydrogen-bond acceptors (Lipinski definition) is 5. The standard InChI is InChI=1S/C13H17N3O3/c1-10(17)11-9-16(15-14-11)7-8-19-13-6-4-3-5-12(13)18-2/h3-6,9-10,17H,7-8H2,1-2H3. The molecule has 2 aromatic rings. The molecule has 0 amide bonds. The molecule has 0 spiro atoms. The second-order valence-corrected chi connectivity index (χ2v) is 4.08. The van der Waals surface area contributed by atoms with E-state index in [4.69, 9.17) is 9.47 Å². The summed E-state index contributed by atoms with van der Waals surface area (Å²) in [5, 5.41) is 17.1. The van der Waals surface area contributed by atoms with Crippen LogP contribution in [0.4, 0.5) is 0 Å². The van der Waals surface area contributed by atoms with Crippen molar-refractivity contribution in [2.45, 2.75) is 19.6 Å². The topological polar surface area (TPSA) is 69.4 Å². The summed E-state index contributed by atoms with van der Waals surface area (Å²) in [6.45, 7) is 2.65. The molecule has 0 bridgehead atoms. The van der Waals surface area contributed by atoms with Gasteiger partial charge in [0.25, 0.3) is 0 Å². The van der Waals surface area contributed by atoms with Crippen molar-refractivity contribution in [1.29, 1.82) is 0 Å². The van der Waals surface area contributed by atoms with E-state index in [1.165, 1.54) is 0 Å². The minimum absolute atomic E-state index is 0.447. The molecule has 1 atom stereocenters. The van der Waals surface area contributed by atoms with Crippen LogP contribution in [-0.4, -0.2) is 33.8 Å². The molecule has 1 N–H and O–H groups in total. The maximum Gasteiger partial charge on any atom is 0.161 e. The first kappa shape index (κ1) is 13.4. The fourth-order valence-electron chi connectivity index (χ4n) is 1.60. The SMILES string of the molecule is COc1ccccc1OCCn1cc(C(C)O)nn1. The van der Waals surface area contributed by atoms with Crippen molar-refractivity contribution in [3.05, 3.63) is 36.2 Å². The lowest BCUT2D eigenvalue weighted by molar-refractivity contribution is 0.194. The van der Waals surface area contributed by atoms with E-state index in [9.17, 15) is 5.11 Å². The number of aliphatic hydroxyl groups is 1. The van der Waals surface area contributed by atoms with E-state index < -0.39 is 6.10 Å². The number of methoxy groups -OCH3 is 1. The smallest absolute Gasteiger partial charge is 0.161 e. The Kier molecular flexibility index (Phi) is 4.35. The highest BCUT2D eigenvalue weighted by Gasteiger charge is 2.07. The number of ether oxygens (including phenoxy) is 2. The molecular weight excluding hydrogens is 246 g/mol. The molecule has 102 valence electrons. The molecule has 0 aliphatic carbocycles. The van der Waals surface area contributed by atoms with E-state index in [1.807, 2.05) is 24.3 Å². The van der Waals surface area contributed by atoms with Crippen molar-refractivity contribution in [2.75, 3.05) is 13.7 Å². The number of nitrogens with zero attached hydrogens (tertiary/aromatic N) is 3. The average molecular weight is 263 g/mol. The maximum atomic E-state index is 9.35. The third-order valence-corrected chi connectivity index (χ3v) is 2.63. The zero-order valence-corrected chi connectivity index (χ0v) is 11.0. The predicted molar refractivity (Wildman–Crippen MR) is 69.1 cm³/mol. The van der Waals surface area contributed by atoms with E-state index in [0.717, 1.165) is 0 Å². The van der Waals surface area contributed by atoms with Gasteiger partial charge in [-0.2, -0.15) is 0 Å². The first-order valence-electron chi connectivity index (χ1n) is 6.04. The Labute approximate surface area is 111 Å². The summed E-state index contributed by atoms with van der Waals surface area (Å²) in [6.07, 6.45) is 1.10. The first-order chi connectivity index (χ1) is 9.20. The number of para-hydroxylation sites is 2. The van der Waals surface area contributed by atoms with E-state index in [-0.39, 0.29) is 0 Å². The lowest BCUT2D eigenvalue weighted by atomic mass is 10.3. The van der Waals surface area contributed by atoms with Crippen molar-refractivity contribution in [1.82, 2.24) is 15.0 Å². The average Bonchev–Trinajstić information content (AvgIpc) is 2.88. The van der Waals surface area contributed by atoms with Crippen LogP contribution in [0.15, 0.2) is 30.5 Å². The lowest BCUT2D eigenvalue weighted by Crippen LogP contribution is -2.09. The van der Waals surface area contributed by atoms with Crippen molar-refractivity contribution in [2.24, 2.45) is 0 Å². The molecule has 6 nitrogen and oxygen atoms in total. The van der Waals surface area contributed by atoms with E-state index in [2.05, 4.69) is 10.3 Å². The fraction of sp³-hybridized carbons (Fsp3) is 0.385. The van der Waals surface area contributed by atoms with Gasteiger partial charge in [-0.1, -0.05) is 17.3 Å². The molecule has 1 unspecified atom stereocenters. The van der Waals surface area contributed by atoms with Crippen LogP contribution in [0, 0.1) is 0 Å². The summed E-state index contributed by atoms with van der Waals surface area (Å²) < 4.78 is 12.5. The van der Waals surface area contributed by atoms with Crippen molar-refractivity contribution in [3.63, 3.8) is 0 Å². The van der Waals surface area contributed by atoms with E-state index in [0.29, 0.717) is 30.3 Å². The summed E-state index contributed by atoms with van der Waals surface area (Å²) in [6, 6.07) is 7.47. The van der Waals surface area contributed by atoms with Crippen LogP contribution < -0.4 is 9.47 Å². The number of benzene rings is 1. The van der Waals surface area contributed by atoms with Gasteiger partial charge in [-0.05, 0) is 19.1 Å². The van der Waals surface area contributed by atoms with Crippen LogP contribution in [0.2, 0.25) is 0 Å². The van der Waals surface area contributed by atoms with Crippen LogP contribution in [0.3, 0.4) is 0 Å². The molecule has 2 rings (SSSR count). The molecule has 1 aromatic carbocycles. The van der Waals surface area contributed by atoms with Gasteiger partial charge in [0.1, 0.15) is 12.3 Å². The highest BCUT2D eigenvalue weighted by atomic mass is 16.5. The molecular formula is C13H17N3O3. The Morgan fingerprint density at radius 3 is 2.68 bits per heavy atom. The van der Waals surface area contributed by atoms with Gasteiger partial charge in [-0.3, -0.25) is 0 Å². The summed E-state index contributed by atoms with van der Waals surface area (Å²) in [5.74, 6) is 1.40. The van der Waals surface area contributed by atoms with Gasteiger partial charge in [0.2, 0.25) is 0 Å². The lowest BCUT2D eigenvalue weighted by Gasteiger charge is -2.09. The number of aromatic nitrogens is 3. The van der Waals surface area contributed by atoms with Gasteiger partial charge in [0, 0.05) is 0 Å². The zero-order chi connectivity index (χ0) is 13.7. The van der Waals surface area contributed by atoms with E-state index in [1.54, 1.807) is 24.9 Å². The minimum Gasteiger partial charge on any atom is -0.493 e. The van der Waals surface area contributed by atoms with Gasteiger partial charge < -0.3 is 14.6 Å². The highest BCUT2D eigenvalue weighted by molar-refractivity contribution is 5.39. The molecule has 0 saturated carbocycles. The normalized spacial score (nSPS) is 12.2. The highest BCUT2D eigenvalue weighted by Crippen LogP contribution is 2.25. The Hall–Kier alpha value is -2.08. The molecule has 0 aliphatic rings. The maximum absolute atomic E-state index is 9.35. The van der Waals surface area contributed by atoms with Gasteiger partial charge in [-0.25, -0.2) is 4.68 Å². The van der Waals surface area contributed by atoms with Crippen LogP contribution >= 0.6 is 0 Å². The number of rotatable bonds is 6. The Balaban J connectivity index is 1.89. The quantitative estimate of drug-likeness (QED) is 0.853. The largest absolute Gasteiger partial charge is 0.493 e. The third kappa shape index (κ3) is 3.45. The first-order valence-corrected chi connectivity index (χ1v) is 6.04. The molecule has 1 heterocycles. The van der Waals surface area contributed by atoms with Gasteiger partial charge in [0.05, 0.1) is 26.0 Å². The number of aliphatic hydroxyl groups excluding tert-OH is 1. The fourth-order valence-corrected chi connectivity index (χ4v) is 1.60. The molecule has 0 saturated heterocycles.